The summed E-state index contributed by atoms with van der Waals surface area (Å²) in [6.07, 6.45) is -2.22. The average molecular weight is 366 g/mol. The zero-order valence-corrected chi connectivity index (χ0v) is 14.3. The number of nitrogens with one attached hydrogen (secondary N) is 1. The molecule has 1 heterocycles. The second-order valence-corrected chi connectivity index (χ2v) is 5.80. The fourth-order valence-corrected chi connectivity index (χ4v) is 2.63. The van der Waals surface area contributed by atoms with E-state index in [0.717, 1.165) is 12.7 Å². The molecule has 0 aliphatic heterocycles. The van der Waals surface area contributed by atoms with Crippen LogP contribution in [0.1, 0.15) is 12.6 Å². The van der Waals surface area contributed by atoms with E-state index in [1.165, 1.54) is 30.4 Å². The van der Waals surface area contributed by atoms with Crippen molar-refractivity contribution >= 4 is 29.3 Å². The van der Waals surface area contributed by atoms with Gasteiger partial charge in [-0.1, -0.05) is 0 Å². The maximum atomic E-state index is 12.9. The number of methoxy groups -OCH3 is 1. The summed E-state index contributed by atoms with van der Waals surface area (Å²) in [7, 11) is 1.11. The number of halogens is 1. The Balaban J connectivity index is 1.91. The topological polar surface area (TPSA) is 94.6 Å². The summed E-state index contributed by atoms with van der Waals surface area (Å²) < 4.78 is 22.2. The second kappa shape index (κ2) is 8.34. The molecule has 0 spiro atoms. The van der Waals surface area contributed by atoms with Crippen LogP contribution >= 0.6 is 11.3 Å². The van der Waals surface area contributed by atoms with Gasteiger partial charge in [0, 0.05) is 10.9 Å². The number of amides is 2. The highest BCUT2D eigenvalue weighted by Crippen LogP contribution is 2.24. The van der Waals surface area contributed by atoms with Crippen molar-refractivity contribution in [1.29, 1.82) is 0 Å². The zero-order valence-electron chi connectivity index (χ0n) is 13.4. The fraction of sp³-hybridized carbons (Fsp3) is 0.250. The van der Waals surface area contributed by atoms with Gasteiger partial charge in [-0.05, 0) is 31.2 Å². The third-order valence-corrected chi connectivity index (χ3v) is 4.00. The van der Waals surface area contributed by atoms with Gasteiger partial charge in [0.05, 0.1) is 19.2 Å². The van der Waals surface area contributed by atoms with Crippen molar-refractivity contribution in [3.63, 3.8) is 0 Å². The van der Waals surface area contributed by atoms with E-state index in [4.69, 9.17) is 4.74 Å². The predicted octanol–water partition coefficient (Wildman–Crippen LogP) is 2.31. The molecule has 0 saturated heterocycles. The number of imide groups is 1. The van der Waals surface area contributed by atoms with Crippen molar-refractivity contribution < 1.29 is 28.2 Å². The lowest BCUT2D eigenvalue weighted by atomic mass is 10.2. The van der Waals surface area contributed by atoms with Crippen LogP contribution < -0.4 is 5.32 Å². The molecule has 2 amide bonds. The number of carbonyl (C=O) groups is 3. The molecule has 1 atom stereocenters. The van der Waals surface area contributed by atoms with E-state index < -0.39 is 24.1 Å². The Morgan fingerprint density at radius 2 is 1.96 bits per heavy atom. The fourth-order valence-electron chi connectivity index (χ4n) is 1.81. The van der Waals surface area contributed by atoms with Crippen LogP contribution in [-0.2, 0) is 25.5 Å². The molecule has 0 unspecified atom stereocenters. The van der Waals surface area contributed by atoms with Gasteiger partial charge in [-0.25, -0.2) is 14.2 Å². The largest absolute Gasteiger partial charge is 0.453 e. The SMILES string of the molecule is COC(=O)NC(=O)[C@@H](C)OC(=O)Cc1csc(-c2ccc(F)cc2)n1. The highest BCUT2D eigenvalue weighted by Gasteiger charge is 2.21. The highest BCUT2D eigenvalue weighted by atomic mass is 32.1. The number of rotatable bonds is 5. The number of benzene rings is 1. The summed E-state index contributed by atoms with van der Waals surface area (Å²) in [5, 5.41) is 4.23. The first-order chi connectivity index (χ1) is 11.9. The van der Waals surface area contributed by atoms with Gasteiger partial charge in [-0.15, -0.1) is 11.3 Å². The van der Waals surface area contributed by atoms with E-state index in [1.54, 1.807) is 17.5 Å². The van der Waals surface area contributed by atoms with E-state index in [2.05, 4.69) is 9.72 Å². The third kappa shape index (κ3) is 5.35. The molecule has 0 radical (unpaired) electrons. The molecule has 0 saturated carbocycles. The monoisotopic (exact) mass is 366 g/mol. The Kier molecular flexibility index (Phi) is 6.18. The molecule has 1 N–H and O–H groups in total. The molecule has 0 fully saturated rings. The normalized spacial score (nSPS) is 11.5. The van der Waals surface area contributed by atoms with Crippen LogP contribution in [0, 0.1) is 5.82 Å². The van der Waals surface area contributed by atoms with E-state index in [0.29, 0.717) is 10.7 Å². The molecule has 1 aromatic carbocycles. The number of aromatic nitrogens is 1. The number of alkyl carbamates (subject to hydrolysis) is 1. The van der Waals surface area contributed by atoms with E-state index in [9.17, 15) is 18.8 Å². The lowest BCUT2D eigenvalue weighted by Gasteiger charge is -2.11. The van der Waals surface area contributed by atoms with Gasteiger partial charge in [0.15, 0.2) is 6.10 Å². The van der Waals surface area contributed by atoms with Crippen molar-refractivity contribution in [2.75, 3.05) is 7.11 Å². The van der Waals surface area contributed by atoms with Crippen LogP contribution in [0.15, 0.2) is 29.6 Å². The van der Waals surface area contributed by atoms with Gasteiger partial charge >= 0.3 is 12.1 Å². The van der Waals surface area contributed by atoms with Crippen LogP contribution in [0.2, 0.25) is 0 Å². The summed E-state index contributed by atoms with van der Waals surface area (Å²) in [4.78, 5) is 38.7. The van der Waals surface area contributed by atoms with Gasteiger partial charge in [0.1, 0.15) is 10.8 Å². The smallest absolute Gasteiger partial charge is 0.413 e. The minimum absolute atomic E-state index is 0.131. The molecule has 0 aliphatic carbocycles. The van der Waals surface area contributed by atoms with E-state index in [-0.39, 0.29) is 12.2 Å². The molecule has 0 bridgehead atoms. The number of thiazole rings is 1. The molecule has 2 rings (SSSR count). The van der Waals surface area contributed by atoms with Crippen LogP contribution in [0.4, 0.5) is 9.18 Å². The standard InChI is InChI=1S/C16H15FN2O5S/c1-9(14(21)19-16(22)23-2)24-13(20)7-12-8-25-15(18-12)10-3-5-11(17)6-4-10/h3-6,8-9H,7H2,1-2H3,(H,19,21,22)/t9-/m1/s1. The van der Waals surface area contributed by atoms with Crippen LogP contribution in [0.25, 0.3) is 10.6 Å². The van der Waals surface area contributed by atoms with Crippen LogP contribution in [0.5, 0.6) is 0 Å². The minimum Gasteiger partial charge on any atom is -0.453 e. The van der Waals surface area contributed by atoms with Gasteiger partial charge in [-0.2, -0.15) is 0 Å². The van der Waals surface area contributed by atoms with E-state index >= 15 is 0 Å². The minimum atomic E-state index is -1.15. The van der Waals surface area contributed by atoms with Gasteiger partial charge in [0.2, 0.25) is 0 Å². The first kappa shape index (κ1) is 18.5. The van der Waals surface area contributed by atoms with Gasteiger partial charge < -0.3 is 9.47 Å². The molecule has 9 heteroatoms. The molecular formula is C16H15FN2O5S. The Bertz CT molecular complexity index is 775. The average Bonchev–Trinajstić information content (AvgIpc) is 3.03. The Morgan fingerprint density at radius 3 is 2.60 bits per heavy atom. The molecule has 0 aliphatic rings. The molecule has 7 nitrogen and oxygen atoms in total. The van der Waals surface area contributed by atoms with Crippen molar-refractivity contribution in [3.8, 4) is 10.6 Å². The third-order valence-electron chi connectivity index (χ3n) is 3.06. The Hall–Kier alpha value is -2.81. The predicted molar refractivity (Wildman–Crippen MR) is 87.3 cm³/mol. The number of esters is 1. The first-order valence-electron chi connectivity index (χ1n) is 7.17. The summed E-state index contributed by atoms with van der Waals surface area (Å²) in [6, 6.07) is 5.84. The summed E-state index contributed by atoms with van der Waals surface area (Å²) >= 11 is 1.31. The quantitative estimate of drug-likeness (QED) is 0.816. The molecule has 1 aromatic heterocycles. The Morgan fingerprint density at radius 1 is 1.28 bits per heavy atom. The van der Waals surface area contributed by atoms with Crippen molar-refractivity contribution in [2.45, 2.75) is 19.4 Å². The van der Waals surface area contributed by atoms with E-state index in [1.807, 2.05) is 5.32 Å². The lowest BCUT2D eigenvalue weighted by Crippen LogP contribution is -2.39. The maximum Gasteiger partial charge on any atom is 0.413 e. The Labute approximate surface area is 146 Å². The number of hydrogen-bond acceptors (Lipinski definition) is 7. The summed E-state index contributed by atoms with van der Waals surface area (Å²) in [5.41, 5.74) is 1.20. The molecular weight excluding hydrogens is 351 g/mol. The first-order valence-corrected chi connectivity index (χ1v) is 8.05. The second-order valence-electron chi connectivity index (χ2n) is 4.94. The van der Waals surface area contributed by atoms with Crippen LogP contribution in [-0.4, -0.2) is 36.2 Å². The van der Waals surface area contributed by atoms with Crippen molar-refractivity contribution in [1.82, 2.24) is 10.3 Å². The van der Waals surface area contributed by atoms with Crippen molar-refractivity contribution in [2.24, 2.45) is 0 Å². The van der Waals surface area contributed by atoms with Crippen LogP contribution in [0.3, 0.4) is 0 Å². The number of ether oxygens (including phenoxy) is 2. The maximum absolute atomic E-state index is 12.9. The number of carbonyl (C=O) groups excluding carboxylic acids is 3. The number of nitrogens with zero attached hydrogens (tertiary/aromatic N) is 1. The molecule has 132 valence electrons. The summed E-state index contributed by atoms with van der Waals surface area (Å²) in [6.45, 7) is 1.33. The summed E-state index contributed by atoms with van der Waals surface area (Å²) in [5.74, 6) is -1.79. The molecule has 2 aromatic rings. The highest BCUT2D eigenvalue weighted by molar-refractivity contribution is 7.13. The number of hydrogen-bond donors (Lipinski definition) is 1. The molecule has 25 heavy (non-hydrogen) atoms. The lowest BCUT2D eigenvalue weighted by molar-refractivity contribution is -0.154. The van der Waals surface area contributed by atoms with Gasteiger partial charge in [0.25, 0.3) is 5.91 Å². The van der Waals surface area contributed by atoms with Crippen molar-refractivity contribution in [3.05, 3.63) is 41.2 Å². The zero-order chi connectivity index (χ0) is 18.4. The van der Waals surface area contributed by atoms with Gasteiger partial charge in [-0.3, -0.25) is 14.9 Å².